The van der Waals surface area contributed by atoms with Crippen LogP contribution in [0.2, 0.25) is 0 Å². The predicted molar refractivity (Wildman–Crippen MR) is 115 cm³/mol. The third-order valence-electron chi connectivity index (χ3n) is 5.85. The molecule has 1 aliphatic heterocycles. The normalized spacial score (nSPS) is 19.0. The predicted octanol–water partition coefficient (Wildman–Crippen LogP) is 3.98. The minimum Gasteiger partial charge on any atom is -0.302 e. The third kappa shape index (κ3) is 4.58. The molecule has 2 aliphatic rings. The van der Waals surface area contributed by atoms with Crippen LogP contribution in [0.1, 0.15) is 49.1 Å². The van der Waals surface area contributed by atoms with Crippen molar-refractivity contribution in [1.29, 1.82) is 0 Å². The first-order valence-electron chi connectivity index (χ1n) is 10.5. The number of piperidine rings is 1. The van der Waals surface area contributed by atoms with Gasteiger partial charge in [-0.2, -0.15) is 4.31 Å². The summed E-state index contributed by atoms with van der Waals surface area (Å²) in [5, 5.41) is 3.59. The molecule has 0 unspecified atom stereocenters. The van der Waals surface area contributed by atoms with Crippen LogP contribution in [0.25, 0.3) is 0 Å². The Balaban J connectivity index is 1.37. The summed E-state index contributed by atoms with van der Waals surface area (Å²) in [5.74, 6) is -1.14. The first kappa shape index (κ1) is 21.4. The highest BCUT2D eigenvalue weighted by Gasteiger charge is 2.33. The van der Waals surface area contributed by atoms with E-state index in [9.17, 15) is 17.6 Å². The fraction of sp³-hybridized carbons (Fsp3) is 0.524. The Kier molecular flexibility index (Phi) is 6.50. The maximum absolute atomic E-state index is 14.0. The van der Waals surface area contributed by atoms with Gasteiger partial charge in [-0.15, -0.1) is 11.3 Å². The topological polar surface area (TPSA) is 79.4 Å². The second kappa shape index (κ2) is 9.11. The average molecular weight is 452 g/mol. The molecule has 1 amide bonds. The van der Waals surface area contributed by atoms with Crippen molar-refractivity contribution in [3.05, 3.63) is 40.7 Å². The minimum atomic E-state index is -3.89. The number of sulfonamides is 1. The fourth-order valence-corrected chi connectivity index (χ4v) is 6.71. The molecular formula is C21H26FN3O3S2. The molecule has 2 heterocycles. The molecule has 1 aromatic carbocycles. The second-order valence-corrected chi connectivity index (χ2v) is 10.9. The van der Waals surface area contributed by atoms with Crippen LogP contribution in [-0.2, 0) is 27.7 Å². The number of aromatic nitrogens is 1. The van der Waals surface area contributed by atoms with Crippen molar-refractivity contribution in [2.45, 2.75) is 56.3 Å². The number of hydrogen-bond acceptors (Lipinski definition) is 5. The lowest BCUT2D eigenvalue weighted by atomic mass is 9.97. The Morgan fingerprint density at radius 3 is 2.53 bits per heavy atom. The zero-order valence-corrected chi connectivity index (χ0v) is 18.4. The highest BCUT2D eigenvalue weighted by molar-refractivity contribution is 7.89. The minimum absolute atomic E-state index is 0.111. The van der Waals surface area contributed by atoms with E-state index >= 15 is 0 Å². The van der Waals surface area contributed by atoms with Crippen LogP contribution in [0.4, 0.5) is 9.52 Å². The molecule has 0 spiro atoms. The Labute approximate surface area is 180 Å². The maximum atomic E-state index is 14.0. The Hall–Kier alpha value is -1.84. The summed E-state index contributed by atoms with van der Waals surface area (Å²) in [5.41, 5.74) is 1.11. The number of carbonyl (C=O) groups excluding carboxylic acids is 1. The number of halogens is 1. The number of hydrogen-bond donors (Lipinski definition) is 1. The van der Waals surface area contributed by atoms with Gasteiger partial charge in [-0.1, -0.05) is 25.0 Å². The van der Waals surface area contributed by atoms with Gasteiger partial charge in [0, 0.05) is 23.9 Å². The highest BCUT2D eigenvalue weighted by atomic mass is 32.2. The standard InChI is InChI=1S/C21H26FN3O3S2/c22-16-7-5-6-10-19(16)30(27,28)25-13-11-15(12-14-25)20(26)24-21-23-17-8-3-1-2-4-9-18(17)29-21/h5-7,10,15H,1-4,8-9,11-14H2,(H,23,24,26). The van der Waals surface area contributed by atoms with Crippen molar-refractivity contribution >= 4 is 32.4 Å². The van der Waals surface area contributed by atoms with E-state index in [1.807, 2.05) is 0 Å². The van der Waals surface area contributed by atoms with Crippen LogP contribution in [0, 0.1) is 11.7 Å². The molecule has 6 nitrogen and oxygen atoms in total. The second-order valence-electron chi connectivity index (χ2n) is 7.90. The number of carbonyl (C=O) groups is 1. The van der Waals surface area contributed by atoms with Crippen LogP contribution in [0.5, 0.6) is 0 Å². The van der Waals surface area contributed by atoms with Crippen molar-refractivity contribution in [3.8, 4) is 0 Å². The number of amides is 1. The lowest BCUT2D eigenvalue weighted by molar-refractivity contribution is -0.120. The Morgan fingerprint density at radius 1 is 1.10 bits per heavy atom. The number of thiazole rings is 1. The van der Waals surface area contributed by atoms with E-state index in [1.54, 1.807) is 11.3 Å². The van der Waals surface area contributed by atoms with Crippen LogP contribution in [0.3, 0.4) is 0 Å². The summed E-state index contributed by atoms with van der Waals surface area (Å²) in [6.45, 7) is 0.395. The average Bonchev–Trinajstić information content (AvgIpc) is 3.08. The molecule has 9 heteroatoms. The monoisotopic (exact) mass is 451 g/mol. The molecule has 30 heavy (non-hydrogen) atoms. The lowest BCUT2D eigenvalue weighted by Crippen LogP contribution is -2.41. The Morgan fingerprint density at radius 2 is 1.80 bits per heavy atom. The van der Waals surface area contributed by atoms with Crippen LogP contribution < -0.4 is 5.32 Å². The van der Waals surface area contributed by atoms with Gasteiger partial charge in [-0.05, 0) is 50.7 Å². The van der Waals surface area contributed by atoms with E-state index in [-0.39, 0.29) is 29.8 Å². The number of nitrogens with one attached hydrogen (secondary N) is 1. The molecule has 0 radical (unpaired) electrons. The van der Waals surface area contributed by atoms with E-state index in [0.717, 1.165) is 37.4 Å². The summed E-state index contributed by atoms with van der Waals surface area (Å²) in [6.07, 6.45) is 7.58. The third-order valence-corrected chi connectivity index (χ3v) is 8.86. The van der Waals surface area contributed by atoms with Crippen molar-refractivity contribution in [2.24, 2.45) is 5.92 Å². The number of benzene rings is 1. The molecule has 1 aliphatic carbocycles. The lowest BCUT2D eigenvalue weighted by Gasteiger charge is -2.30. The molecule has 1 fully saturated rings. The fourth-order valence-electron chi connectivity index (χ4n) is 4.12. The van der Waals surface area contributed by atoms with E-state index in [1.165, 1.54) is 40.2 Å². The van der Waals surface area contributed by atoms with Crippen LogP contribution in [-0.4, -0.2) is 36.7 Å². The van der Waals surface area contributed by atoms with Gasteiger partial charge >= 0.3 is 0 Å². The van der Waals surface area contributed by atoms with E-state index < -0.39 is 15.8 Å². The maximum Gasteiger partial charge on any atom is 0.245 e. The van der Waals surface area contributed by atoms with Gasteiger partial charge in [0.15, 0.2) is 5.13 Å². The molecule has 1 aromatic heterocycles. The largest absolute Gasteiger partial charge is 0.302 e. The summed E-state index contributed by atoms with van der Waals surface area (Å²) in [7, 11) is -3.89. The summed E-state index contributed by atoms with van der Waals surface area (Å²) < 4.78 is 40.7. The molecule has 0 bridgehead atoms. The molecule has 4 rings (SSSR count). The summed E-state index contributed by atoms with van der Waals surface area (Å²) >= 11 is 1.56. The molecule has 2 aromatic rings. The van der Waals surface area contributed by atoms with Crippen molar-refractivity contribution in [2.75, 3.05) is 18.4 Å². The van der Waals surface area contributed by atoms with Gasteiger partial charge in [0.1, 0.15) is 10.7 Å². The zero-order valence-electron chi connectivity index (χ0n) is 16.8. The zero-order chi connectivity index (χ0) is 21.1. The smallest absolute Gasteiger partial charge is 0.245 e. The van der Waals surface area contributed by atoms with E-state index in [4.69, 9.17) is 0 Å². The molecule has 0 saturated carbocycles. The number of anilines is 1. The number of nitrogens with zero attached hydrogens (tertiary/aromatic N) is 2. The highest BCUT2D eigenvalue weighted by Crippen LogP contribution is 2.30. The number of aryl methyl sites for hydroxylation is 2. The summed E-state index contributed by atoms with van der Waals surface area (Å²) in [6, 6.07) is 5.39. The van der Waals surface area contributed by atoms with Gasteiger partial charge < -0.3 is 5.32 Å². The molecule has 1 saturated heterocycles. The first-order valence-corrected chi connectivity index (χ1v) is 12.7. The molecule has 0 atom stereocenters. The molecule has 1 N–H and O–H groups in total. The Bertz CT molecular complexity index is 989. The van der Waals surface area contributed by atoms with Crippen molar-refractivity contribution < 1.29 is 17.6 Å². The van der Waals surface area contributed by atoms with Gasteiger partial charge in [-0.25, -0.2) is 17.8 Å². The van der Waals surface area contributed by atoms with Crippen molar-refractivity contribution in [1.82, 2.24) is 9.29 Å². The quantitative estimate of drug-likeness (QED) is 0.763. The van der Waals surface area contributed by atoms with E-state index in [2.05, 4.69) is 10.3 Å². The summed E-state index contributed by atoms with van der Waals surface area (Å²) in [4.78, 5) is 18.3. The van der Waals surface area contributed by atoms with Gasteiger partial charge in [-0.3, -0.25) is 4.79 Å². The SMILES string of the molecule is O=C(Nc1nc2c(s1)CCCCCC2)C1CCN(S(=O)(=O)c2ccccc2F)CC1. The van der Waals surface area contributed by atoms with Crippen molar-refractivity contribution in [3.63, 3.8) is 0 Å². The van der Waals surface area contributed by atoms with Gasteiger partial charge in [0.25, 0.3) is 0 Å². The number of fused-ring (bicyclic) bond motifs is 1. The van der Waals surface area contributed by atoms with Crippen LogP contribution in [0.15, 0.2) is 29.2 Å². The van der Waals surface area contributed by atoms with Gasteiger partial charge in [0.05, 0.1) is 5.69 Å². The first-order chi connectivity index (χ1) is 14.4. The van der Waals surface area contributed by atoms with E-state index in [0.29, 0.717) is 18.0 Å². The number of rotatable bonds is 4. The van der Waals surface area contributed by atoms with Crippen LogP contribution >= 0.6 is 11.3 Å². The molecular weight excluding hydrogens is 425 g/mol. The van der Waals surface area contributed by atoms with Gasteiger partial charge in [0.2, 0.25) is 15.9 Å². The molecule has 162 valence electrons.